The zero-order chi connectivity index (χ0) is 28.4. The van der Waals surface area contributed by atoms with Crippen molar-refractivity contribution in [1.82, 2.24) is 24.6 Å². The lowest BCUT2D eigenvalue weighted by atomic mass is 10.1. The summed E-state index contributed by atoms with van der Waals surface area (Å²) in [5.74, 6) is 1.35. The van der Waals surface area contributed by atoms with E-state index in [-0.39, 0.29) is 12.1 Å². The zero-order valence-electron chi connectivity index (χ0n) is 23.9. The summed E-state index contributed by atoms with van der Waals surface area (Å²) in [7, 11) is 5.14. The lowest BCUT2D eigenvalue weighted by molar-refractivity contribution is 0.0232. The molecule has 10 nitrogen and oxygen atoms in total. The van der Waals surface area contributed by atoms with Crippen LogP contribution in [-0.2, 0) is 11.8 Å². The number of fused-ring (bicyclic) bond motifs is 1. The Hall–Kier alpha value is -4.34. The molecule has 1 atom stereocenters. The van der Waals surface area contributed by atoms with E-state index >= 15 is 0 Å². The van der Waals surface area contributed by atoms with Crippen LogP contribution in [-0.4, -0.2) is 69.7 Å². The van der Waals surface area contributed by atoms with Crippen LogP contribution in [0.2, 0.25) is 0 Å². The second-order valence-corrected chi connectivity index (χ2v) is 11.0. The lowest BCUT2D eigenvalue weighted by Crippen LogP contribution is -2.44. The van der Waals surface area contributed by atoms with Gasteiger partial charge >= 0.3 is 6.09 Å². The highest BCUT2D eigenvalue weighted by Gasteiger charge is 2.34. The Morgan fingerprint density at radius 3 is 2.42 bits per heavy atom. The number of nitrogens with zero attached hydrogens (tertiary/aromatic N) is 6. The molecule has 1 amide bonds. The average molecular weight is 545 g/mol. The first kappa shape index (κ1) is 27.2. The molecule has 1 fully saturated rings. The number of anilines is 2. The van der Waals surface area contributed by atoms with Gasteiger partial charge in [0.1, 0.15) is 17.1 Å². The lowest BCUT2D eigenvalue weighted by Gasteiger charge is -2.33. The van der Waals surface area contributed by atoms with Gasteiger partial charge in [-0.3, -0.25) is 9.67 Å². The number of hydrogen-bond acceptors (Lipinski definition) is 8. The van der Waals surface area contributed by atoms with Crippen molar-refractivity contribution in [3.05, 3.63) is 55.0 Å². The van der Waals surface area contributed by atoms with Crippen molar-refractivity contribution in [2.24, 2.45) is 7.05 Å². The van der Waals surface area contributed by atoms with Gasteiger partial charge in [0.25, 0.3) is 0 Å². The largest absolute Gasteiger partial charge is 0.497 e. The van der Waals surface area contributed by atoms with E-state index in [2.05, 4.69) is 15.0 Å². The smallest absolute Gasteiger partial charge is 0.410 e. The van der Waals surface area contributed by atoms with Gasteiger partial charge in [-0.25, -0.2) is 9.78 Å². The molecule has 0 bridgehead atoms. The Balaban J connectivity index is 1.55. The van der Waals surface area contributed by atoms with E-state index in [0.29, 0.717) is 24.6 Å². The fourth-order valence-electron chi connectivity index (χ4n) is 4.97. The van der Waals surface area contributed by atoms with Crippen LogP contribution in [0.25, 0.3) is 22.3 Å². The van der Waals surface area contributed by atoms with Crippen LogP contribution in [0.1, 0.15) is 33.6 Å². The van der Waals surface area contributed by atoms with Crippen LogP contribution in [0.5, 0.6) is 11.5 Å². The summed E-state index contributed by atoms with van der Waals surface area (Å²) in [4.78, 5) is 26.7. The Bertz CT molecular complexity index is 1490. The molecule has 0 N–H and O–H groups in total. The van der Waals surface area contributed by atoms with Crippen LogP contribution in [0, 0.1) is 0 Å². The molecule has 210 valence electrons. The van der Waals surface area contributed by atoms with Crippen LogP contribution >= 0.6 is 0 Å². The van der Waals surface area contributed by atoms with Crippen LogP contribution in [0.15, 0.2) is 55.0 Å². The minimum absolute atomic E-state index is 0.0458. The number of hydrogen-bond donors (Lipinski definition) is 0. The Morgan fingerprint density at radius 1 is 1.02 bits per heavy atom. The van der Waals surface area contributed by atoms with Gasteiger partial charge in [0, 0.05) is 61.5 Å². The van der Waals surface area contributed by atoms with Crippen molar-refractivity contribution in [2.45, 2.75) is 45.3 Å². The molecular weight excluding hydrogens is 508 g/mol. The number of aromatic nitrogens is 4. The minimum Gasteiger partial charge on any atom is -0.497 e. The summed E-state index contributed by atoms with van der Waals surface area (Å²) in [6, 6.07) is 11.8. The van der Waals surface area contributed by atoms with Crippen molar-refractivity contribution in [2.75, 3.05) is 32.2 Å². The van der Waals surface area contributed by atoms with Gasteiger partial charge in [0.2, 0.25) is 0 Å². The first-order valence-corrected chi connectivity index (χ1v) is 13.4. The van der Waals surface area contributed by atoms with Crippen molar-refractivity contribution in [1.29, 1.82) is 0 Å². The topological polar surface area (TPSA) is 94.8 Å². The molecule has 5 rings (SSSR count). The predicted octanol–water partition coefficient (Wildman–Crippen LogP) is 5.59. The number of carbonyl (C=O) groups is 1. The fraction of sp³-hybridized carbons (Fsp3) is 0.400. The Labute approximate surface area is 234 Å². The van der Waals surface area contributed by atoms with Gasteiger partial charge < -0.3 is 24.0 Å². The summed E-state index contributed by atoms with van der Waals surface area (Å²) in [6.07, 6.45) is 6.95. The Morgan fingerprint density at radius 2 is 1.77 bits per heavy atom. The van der Waals surface area contributed by atoms with Gasteiger partial charge in [-0.15, -0.1) is 0 Å². The van der Waals surface area contributed by atoms with Crippen LogP contribution in [0.4, 0.5) is 16.2 Å². The fourth-order valence-corrected chi connectivity index (χ4v) is 4.97. The first-order valence-electron chi connectivity index (χ1n) is 13.4. The van der Waals surface area contributed by atoms with E-state index in [9.17, 15) is 4.79 Å². The van der Waals surface area contributed by atoms with Crippen LogP contribution in [0.3, 0.4) is 0 Å². The predicted molar refractivity (Wildman–Crippen MR) is 154 cm³/mol. The van der Waals surface area contributed by atoms with E-state index < -0.39 is 5.60 Å². The maximum absolute atomic E-state index is 13.1. The standard InChI is InChI=1S/C30H36N6O4/c1-30(2,3)40-29(37)35-11-7-8-22(35)19-36(23-12-24(38-5)15-25(13-23)39-6)21-9-10-26-27(14-21)33-28(17-31-26)20-16-32-34(4)18-20/h9-10,12-18,22H,7-8,11,19H2,1-6H3/t22-/m0/s1. The number of carbonyl (C=O) groups excluding carboxylic acids is 1. The summed E-state index contributed by atoms with van der Waals surface area (Å²) < 4.78 is 18.6. The van der Waals surface area contributed by atoms with E-state index in [1.54, 1.807) is 31.3 Å². The van der Waals surface area contributed by atoms with E-state index in [0.717, 1.165) is 46.5 Å². The number of methoxy groups -OCH3 is 2. The number of aryl methyl sites for hydroxylation is 1. The number of amides is 1. The van der Waals surface area contributed by atoms with Gasteiger partial charge in [-0.1, -0.05) is 0 Å². The van der Waals surface area contributed by atoms with Crippen molar-refractivity contribution in [3.8, 4) is 22.8 Å². The molecule has 0 aliphatic carbocycles. The number of benzene rings is 2. The summed E-state index contributed by atoms with van der Waals surface area (Å²) in [5, 5.41) is 4.27. The van der Waals surface area contributed by atoms with E-state index in [1.165, 1.54) is 0 Å². The third-order valence-electron chi connectivity index (χ3n) is 6.88. The number of rotatable bonds is 7. The molecule has 0 unspecified atom stereocenters. The molecule has 2 aromatic heterocycles. The molecule has 1 saturated heterocycles. The molecule has 3 heterocycles. The summed E-state index contributed by atoms with van der Waals surface area (Å²) in [6.45, 7) is 6.88. The second kappa shape index (κ2) is 11.0. The SMILES string of the molecule is COc1cc(OC)cc(N(C[C@@H]2CCCN2C(=O)OC(C)(C)C)c2ccc3ncc(-c4cnn(C)c4)nc3c2)c1. The third-order valence-corrected chi connectivity index (χ3v) is 6.88. The Kier molecular flexibility index (Phi) is 7.51. The number of likely N-dealkylation sites (tertiary alicyclic amines) is 1. The normalized spacial score (nSPS) is 15.3. The van der Waals surface area contributed by atoms with E-state index in [1.807, 2.05) is 75.3 Å². The van der Waals surface area contributed by atoms with Gasteiger partial charge in [0.05, 0.1) is 49.4 Å². The molecule has 10 heteroatoms. The highest BCUT2D eigenvalue weighted by molar-refractivity contribution is 5.83. The molecule has 1 aliphatic rings. The molecule has 0 radical (unpaired) electrons. The molecule has 4 aromatic rings. The molecular formula is C30H36N6O4. The van der Waals surface area contributed by atoms with Gasteiger partial charge in [-0.2, -0.15) is 5.10 Å². The summed E-state index contributed by atoms with van der Waals surface area (Å²) in [5.41, 5.74) is 4.42. The third kappa shape index (κ3) is 5.95. The van der Waals surface area contributed by atoms with Gasteiger partial charge in [-0.05, 0) is 51.8 Å². The highest BCUT2D eigenvalue weighted by Crippen LogP contribution is 2.36. The maximum Gasteiger partial charge on any atom is 0.410 e. The quantitative estimate of drug-likeness (QED) is 0.297. The molecule has 0 spiro atoms. The first-order chi connectivity index (χ1) is 19.1. The molecule has 1 aliphatic heterocycles. The van der Waals surface area contributed by atoms with Gasteiger partial charge in [0.15, 0.2) is 0 Å². The maximum atomic E-state index is 13.1. The zero-order valence-corrected chi connectivity index (χ0v) is 23.9. The van der Waals surface area contributed by atoms with Crippen molar-refractivity contribution >= 4 is 28.5 Å². The minimum atomic E-state index is -0.562. The average Bonchev–Trinajstić information content (AvgIpc) is 3.58. The van der Waals surface area contributed by atoms with Crippen molar-refractivity contribution in [3.63, 3.8) is 0 Å². The number of ether oxygens (including phenoxy) is 3. The van der Waals surface area contributed by atoms with E-state index in [4.69, 9.17) is 19.2 Å². The monoisotopic (exact) mass is 544 g/mol. The van der Waals surface area contributed by atoms with Crippen molar-refractivity contribution < 1.29 is 19.0 Å². The van der Waals surface area contributed by atoms with Crippen LogP contribution < -0.4 is 14.4 Å². The second-order valence-electron chi connectivity index (χ2n) is 11.0. The highest BCUT2D eigenvalue weighted by atomic mass is 16.6. The molecule has 40 heavy (non-hydrogen) atoms. The molecule has 2 aromatic carbocycles. The summed E-state index contributed by atoms with van der Waals surface area (Å²) >= 11 is 0. The molecule has 0 saturated carbocycles.